The fourth-order valence-corrected chi connectivity index (χ4v) is 2.54. The highest BCUT2D eigenvalue weighted by atomic mass is 32.1. The molecule has 0 amide bonds. The summed E-state index contributed by atoms with van der Waals surface area (Å²) in [6.45, 7) is 0. The van der Waals surface area contributed by atoms with Gasteiger partial charge in [0.05, 0.1) is 6.10 Å². The van der Waals surface area contributed by atoms with E-state index in [4.69, 9.17) is 4.74 Å². The van der Waals surface area contributed by atoms with Crippen molar-refractivity contribution < 1.29 is 17.9 Å². The van der Waals surface area contributed by atoms with Gasteiger partial charge >= 0.3 is 6.18 Å². The third-order valence-corrected chi connectivity index (χ3v) is 3.61. The van der Waals surface area contributed by atoms with Gasteiger partial charge in [-0.3, -0.25) is 0 Å². The van der Waals surface area contributed by atoms with Crippen molar-refractivity contribution in [1.29, 1.82) is 0 Å². The summed E-state index contributed by atoms with van der Waals surface area (Å²) in [4.78, 5) is 0. The van der Waals surface area contributed by atoms with E-state index < -0.39 is 11.2 Å². The molecule has 0 saturated heterocycles. The quantitative estimate of drug-likeness (QED) is 0.914. The number of methoxy groups -OCH3 is 1. The number of aromatic nitrogens is 2. The number of anilines is 1. The molecule has 0 aliphatic heterocycles. The molecule has 1 aliphatic carbocycles. The lowest BCUT2D eigenvalue weighted by Crippen LogP contribution is -2.17. The molecular weight excluding hydrogens is 255 g/mol. The summed E-state index contributed by atoms with van der Waals surface area (Å²) in [5, 5.41) is 8.88. The van der Waals surface area contributed by atoms with Crippen molar-refractivity contribution in [3.63, 3.8) is 0 Å². The lowest BCUT2D eigenvalue weighted by Gasteiger charge is -2.10. The standard InChI is InChI=1S/C9H12F3N3OS/c1-16-6-3-2-5(4-6)13-8-15-14-7(17-8)9(10,11)12/h5-6H,2-4H2,1H3,(H,13,15). The SMILES string of the molecule is COC1CCC(Nc2nnc(C(F)(F)F)s2)C1. The van der Waals surface area contributed by atoms with Crippen molar-refractivity contribution in [2.24, 2.45) is 0 Å². The van der Waals surface area contributed by atoms with Gasteiger partial charge in [0.2, 0.25) is 10.1 Å². The number of nitrogens with one attached hydrogen (secondary N) is 1. The highest BCUT2D eigenvalue weighted by Gasteiger charge is 2.36. The van der Waals surface area contributed by atoms with Crippen molar-refractivity contribution in [2.75, 3.05) is 12.4 Å². The van der Waals surface area contributed by atoms with E-state index in [2.05, 4.69) is 15.5 Å². The molecule has 1 aromatic rings. The zero-order valence-electron chi connectivity index (χ0n) is 9.12. The van der Waals surface area contributed by atoms with Gasteiger partial charge in [-0.05, 0) is 19.3 Å². The van der Waals surface area contributed by atoms with E-state index >= 15 is 0 Å². The minimum atomic E-state index is -4.41. The minimum absolute atomic E-state index is 0.119. The number of hydrogen-bond acceptors (Lipinski definition) is 5. The van der Waals surface area contributed by atoms with Crippen molar-refractivity contribution in [1.82, 2.24) is 10.2 Å². The second kappa shape index (κ2) is 4.77. The highest BCUT2D eigenvalue weighted by molar-refractivity contribution is 7.15. The first kappa shape index (κ1) is 12.6. The lowest BCUT2D eigenvalue weighted by molar-refractivity contribution is -0.138. The zero-order valence-corrected chi connectivity index (χ0v) is 9.94. The molecule has 0 aromatic carbocycles. The molecule has 1 heterocycles. The van der Waals surface area contributed by atoms with Gasteiger partial charge in [-0.2, -0.15) is 13.2 Å². The highest BCUT2D eigenvalue weighted by Crippen LogP contribution is 2.34. The topological polar surface area (TPSA) is 47.0 Å². The first-order chi connectivity index (χ1) is 7.99. The summed E-state index contributed by atoms with van der Waals surface area (Å²) in [5.41, 5.74) is 0. The second-order valence-corrected chi connectivity index (χ2v) is 4.90. The van der Waals surface area contributed by atoms with Crippen LogP contribution >= 0.6 is 11.3 Å². The molecule has 1 fully saturated rings. The maximum atomic E-state index is 12.3. The van der Waals surface area contributed by atoms with Crippen LogP contribution in [0.4, 0.5) is 18.3 Å². The molecule has 0 spiro atoms. The summed E-state index contributed by atoms with van der Waals surface area (Å²) < 4.78 is 42.1. The van der Waals surface area contributed by atoms with Crippen molar-refractivity contribution >= 4 is 16.5 Å². The fraction of sp³-hybridized carbons (Fsp3) is 0.778. The molecule has 8 heteroatoms. The summed E-state index contributed by atoms with van der Waals surface area (Å²) in [6.07, 6.45) is -1.65. The third kappa shape index (κ3) is 3.06. The molecule has 1 saturated carbocycles. The smallest absolute Gasteiger partial charge is 0.381 e. The van der Waals surface area contributed by atoms with Gasteiger partial charge in [0, 0.05) is 13.2 Å². The second-order valence-electron chi connectivity index (χ2n) is 3.92. The Kier molecular flexibility index (Phi) is 3.53. The largest absolute Gasteiger partial charge is 0.445 e. The Morgan fingerprint density at radius 1 is 1.35 bits per heavy atom. The molecule has 1 aliphatic rings. The Balaban J connectivity index is 1.94. The van der Waals surface area contributed by atoms with Crippen LogP contribution in [0.25, 0.3) is 0 Å². The average molecular weight is 267 g/mol. The first-order valence-corrected chi connectivity index (χ1v) is 6.00. The summed E-state index contributed by atoms with van der Waals surface area (Å²) in [5.74, 6) is 0. The third-order valence-electron chi connectivity index (χ3n) is 2.71. The number of halogens is 3. The van der Waals surface area contributed by atoms with E-state index in [1.807, 2.05) is 0 Å². The van der Waals surface area contributed by atoms with E-state index in [-0.39, 0.29) is 17.3 Å². The predicted molar refractivity (Wildman–Crippen MR) is 57.0 cm³/mol. The van der Waals surface area contributed by atoms with Crippen LogP contribution in [0.1, 0.15) is 24.3 Å². The molecule has 4 nitrogen and oxygen atoms in total. The van der Waals surface area contributed by atoms with E-state index in [9.17, 15) is 13.2 Å². The van der Waals surface area contributed by atoms with Gasteiger partial charge in [0.1, 0.15) is 0 Å². The van der Waals surface area contributed by atoms with Crippen LogP contribution < -0.4 is 5.32 Å². The van der Waals surface area contributed by atoms with E-state index in [0.717, 1.165) is 19.3 Å². The molecule has 2 unspecified atom stereocenters. The Morgan fingerprint density at radius 2 is 2.12 bits per heavy atom. The molecule has 2 atom stereocenters. The Bertz CT molecular complexity index is 382. The minimum Gasteiger partial charge on any atom is -0.381 e. The van der Waals surface area contributed by atoms with Gasteiger partial charge in [-0.1, -0.05) is 11.3 Å². The number of alkyl halides is 3. The summed E-state index contributed by atoms with van der Waals surface area (Å²) in [7, 11) is 1.64. The van der Waals surface area contributed by atoms with Gasteiger partial charge < -0.3 is 10.1 Å². The van der Waals surface area contributed by atoms with Gasteiger partial charge in [0.15, 0.2) is 0 Å². The van der Waals surface area contributed by atoms with E-state index in [1.54, 1.807) is 7.11 Å². The lowest BCUT2D eigenvalue weighted by atomic mass is 10.2. The molecular formula is C9H12F3N3OS. The number of nitrogens with zero attached hydrogens (tertiary/aromatic N) is 2. The van der Waals surface area contributed by atoms with Crippen LogP contribution in [-0.4, -0.2) is 29.5 Å². The molecule has 1 aromatic heterocycles. The number of ether oxygens (including phenoxy) is 1. The fourth-order valence-electron chi connectivity index (χ4n) is 1.86. The first-order valence-electron chi connectivity index (χ1n) is 5.19. The maximum absolute atomic E-state index is 12.3. The van der Waals surface area contributed by atoms with E-state index in [0.29, 0.717) is 11.3 Å². The van der Waals surface area contributed by atoms with Crippen molar-refractivity contribution in [3.8, 4) is 0 Å². The van der Waals surface area contributed by atoms with Crippen LogP contribution in [0.3, 0.4) is 0 Å². The molecule has 96 valence electrons. The molecule has 0 bridgehead atoms. The van der Waals surface area contributed by atoms with Crippen LogP contribution in [0, 0.1) is 0 Å². The van der Waals surface area contributed by atoms with E-state index in [1.165, 1.54) is 0 Å². The van der Waals surface area contributed by atoms with Crippen molar-refractivity contribution in [3.05, 3.63) is 5.01 Å². The van der Waals surface area contributed by atoms with Gasteiger partial charge in [0.25, 0.3) is 0 Å². The molecule has 1 N–H and O–H groups in total. The van der Waals surface area contributed by atoms with Crippen LogP contribution in [0.15, 0.2) is 0 Å². The monoisotopic (exact) mass is 267 g/mol. The zero-order chi connectivity index (χ0) is 12.5. The van der Waals surface area contributed by atoms with Gasteiger partial charge in [-0.25, -0.2) is 0 Å². The average Bonchev–Trinajstić information content (AvgIpc) is 2.86. The van der Waals surface area contributed by atoms with Crippen LogP contribution in [0.2, 0.25) is 0 Å². The van der Waals surface area contributed by atoms with Crippen molar-refractivity contribution in [2.45, 2.75) is 37.6 Å². The summed E-state index contributed by atoms with van der Waals surface area (Å²) in [6, 6.07) is 0.119. The van der Waals surface area contributed by atoms with Crippen LogP contribution in [0.5, 0.6) is 0 Å². The van der Waals surface area contributed by atoms with Crippen LogP contribution in [-0.2, 0) is 10.9 Å². The molecule has 2 rings (SSSR count). The van der Waals surface area contributed by atoms with Gasteiger partial charge in [-0.15, -0.1) is 10.2 Å². The number of rotatable bonds is 3. The molecule has 0 radical (unpaired) electrons. The number of hydrogen-bond donors (Lipinski definition) is 1. The molecule has 17 heavy (non-hydrogen) atoms. The normalized spacial score (nSPS) is 25.2. The Morgan fingerprint density at radius 3 is 2.65 bits per heavy atom. The predicted octanol–water partition coefficient (Wildman–Crippen LogP) is 2.54. The Hall–Kier alpha value is -0.890. The Labute approximate surface area is 100 Å². The maximum Gasteiger partial charge on any atom is 0.445 e. The summed E-state index contributed by atoms with van der Waals surface area (Å²) >= 11 is 0.536.